The topological polar surface area (TPSA) is 87.0 Å². The number of carbonyl (C=O) groups is 1. The van der Waals surface area contributed by atoms with Crippen molar-refractivity contribution in [3.8, 4) is 6.07 Å². The maximum absolute atomic E-state index is 12.2. The minimum atomic E-state index is -0.769. The molecule has 3 rings (SSSR count). The van der Waals surface area contributed by atoms with Crippen LogP contribution in [0.5, 0.6) is 0 Å². The fourth-order valence-electron chi connectivity index (χ4n) is 2.73. The van der Waals surface area contributed by atoms with Crippen LogP contribution in [-0.2, 0) is 14.4 Å². The third-order valence-corrected chi connectivity index (χ3v) is 4.32. The average Bonchev–Trinajstić information content (AvgIpc) is 2.75. The van der Waals surface area contributed by atoms with E-state index in [1.807, 2.05) is 30.3 Å². The summed E-state index contributed by atoms with van der Waals surface area (Å²) in [5.74, 6) is -0.338. The van der Waals surface area contributed by atoms with Crippen molar-refractivity contribution in [3.05, 3.63) is 59.7 Å². The number of anilines is 2. The van der Waals surface area contributed by atoms with Gasteiger partial charge in [-0.2, -0.15) is 5.26 Å². The zero-order valence-electron chi connectivity index (χ0n) is 15.7. The Morgan fingerprint density at radius 1 is 1.29 bits per heavy atom. The van der Waals surface area contributed by atoms with Crippen LogP contribution >= 0.6 is 0 Å². The number of carbonyl (C=O) groups excluding carboxylic acids is 1. The fourth-order valence-corrected chi connectivity index (χ4v) is 2.73. The summed E-state index contributed by atoms with van der Waals surface area (Å²) < 4.78 is 5.36. The number of hydrogen-bond donors (Lipinski definition) is 1. The van der Waals surface area contributed by atoms with E-state index < -0.39 is 6.10 Å². The van der Waals surface area contributed by atoms with Crippen molar-refractivity contribution in [3.63, 3.8) is 0 Å². The molecule has 1 amide bonds. The molecule has 2 aromatic rings. The van der Waals surface area contributed by atoms with E-state index in [1.165, 1.54) is 0 Å². The van der Waals surface area contributed by atoms with Crippen LogP contribution in [0.3, 0.4) is 0 Å². The van der Waals surface area contributed by atoms with Crippen LogP contribution in [0.4, 0.5) is 11.4 Å². The van der Waals surface area contributed by atoms with Gasteiger partial charge in [0.15, 0.2) is 0 Å². The number of oxime groups is 1. The highest BCUT2D eigenvalue weighted by Gasteiger charge is 2.14. The van der Waals surface area contributed by atoms with E-state index >= 15 is 0 Å². The number of ether oxygens (including phenoxy) is 1. The Morgan fingerprint density at radius 3 is 2.75 bits per heavy atom. The van der Waals surface area contributed by atoms with Gasteiger partial charge in [0.25, 0.3) is 5.91 Å². The van der Waals surface area contributed by atoms with Gasteiger partial charge < -0.3 is 19.8 Å². The van der Waals surface area contributed by atoms with Crippen molar-refractivity contribution >= 4 is 23.5 Å². The molecule has 28 heavy (non-hydrogen) atoms. The molecule has 7 nitrogen and oxygen atoms in total. The molecule has 144 valence electrons. The average molecular weight is 378 g/mol. The summed E-state index contributed by atoms with van der Waals surface area (Å²) in [7, 11) is 0. The Labute approximate surface area is 164 Å². The van der Waals surface area contributed by atoms with Crippen molar-refractivity contribution in [2.75, 3.05) is 36.5 Å². The molecule has 1 heterocycles. The molecule has 0 aromatic heterocycles. The minimum Gasteiger partial charge on any atom is -0.383 e. The molecule has 0 bridgehead atoms. The molecular formula is C21H22N4O3. The van der Waals surface area contributed by atoms with Crippen LogP contribution < -0.4 is 10.2 Å². The van der Waals surface area contributed by atoms with Gasteiger partial charge in [-0.05, 0) is 42.8 Å². The molecule has 0 spiro atoms. The van der Waals surface area contributed by atoms with E-state index in [1.54, 1.807) is 37.4 Å². The number of amides is 1. The van der Waals surface area contributed by atoms with E-state index in [9.17, 15) is 4.79 Å². The van der Waals surface area contributed by atoms with Crippen molar-refractivity contribution < 1.29 is 14.4 Å². The lowest BCUT2D eigenvalue weighted by molar-refractivity contribution is -0.126. The first-order chi connectivity index (χ1) is 13.7. The van der Waals surface area contributed by atoms with Gasteiger partial charge in [-0.15, -0.1) is 0 Å². The summed E-state index contributed by atoms with van der Waals surface area (Å²) in [4.78, 5) is 19.7. The van der Waals surface area contributed by atoms with Gasteiger partial charge in [0.2, 0.25) is 6.10 Å². The number of hydrogen-bond acceptors (Lipinski definition) is 6. The lowest BCUT2D eigenvalue weighted by Gasteiger charge is -2.28. The third-order valence-electron chi connectivity index (χ3n) is 4.32. The molecule has 0 radical (unpaired) electrons. The zero-order valence-corrected chi connectivity index (χ0v) is 15.7. The normalized spacial score (nSPS) is 15.1. The highest BCUT2D eigenvalue weighted by molar-refractivity contribution is 5.94. The Kier molecular flexibility index (Phi) is 6.60. The van der Waals surface area contributed by atoms with Gasteiger partial charge in [0.1, 0.15) is 0 Å². The number of benzene rings is 2. The predicted molar refractivity (Wildman–Crippen MR) is 107 cm³/mol. The summed E-state index contributed by atoms with van der Waals surface area (Å²) in [5.41, 5.74) is 3.05. The number of morpholine rings is 1. The van der Waals surface area contributed by atoms with E-state index in [-0.39, 0.29) is 5.91 Å². The van der Waals surface area contributed by atoms with E-state index in [4.69, 9.17) is 14.8 Å². The minimum absolute atomic E-state index is 0.338. The summed E-state index contributed by atoms with van der Waals surface area (Å²) in [6.45, 7) is 4.89. The number of nitrogens with one attached hydrogen (secondary N) is 1. The Morgan fingerprint density at radius 2 is 2.04 bits per heavy atom. The molecule has 1 aliphatic rings. The van der Waals surface area contributed by atoms with Crippen LogP contribution in [0.25, 0.3) is 0 Å². The summed E-state index contributed by atoms with van der Waals surface area (Å²) in [6, 6.07) is 16.7. The first kappa shape index (κ1) is 19.4. The predicted octanol–water partition coefficient (Wildman–Crippen LogP) is 2.77. The maximum atomic E-state index is 12.2. The number of nitriles is 1. The van der Waals surface area contributed by atoms with Gasteiger partial charge in [0, 0.05) is 24.5 Å². The highest BCUT2D eigenvalue weighted by atomic mass is 16.6. The van der Waals surface area contributed by atoms with Crippen molar-refractivity contribution in [1.29, 1.82) is 5.26 Å². The molecule has 2 aromatic carbocycles. The summed E-state index contributed by atoms with van der Waals surface area (Å²) in [6.07, 6.45) is 0.804. The lowest BCUT2D eigenvalue weighted by Crippen LogP contribution is -2.36. The molecule has 7 heteroatoms. The van der Waals surface area contributed by atoms with Crippen LogP contribution in [-0.4, -0.2) is 44.5 Å². The van der Waals surface area contributed by atoms with Gasteiger partial charge >= 0.3 is 0 Å². The van der Waals surface area contributed by atoms with Crippen molar-refractivity contribution in [2.45, 2.75) is 13.0 Å². The fraction of sp³-hybridized carbons (Fsp3) is 0.286. The monoisotopic (exact) mass is 378 g/mol. The summed E-state index contributed by atoms with van der Waals surface area (Å²) >= 11 is 0. The summed E-state index contributed by atoms with van der Waals surface area (Å²) in [5, 5.41) is 15.5. The highest BCUT2D eigenvalue weighted by Crippen LogP contribution is 2.16. The standard InChI is InChI=1S/C21H22N4O3/c1-16(21(26)24-19-4-2-3-18(13-19)14-22)28-23-15-17-5-7-20(8-6-17)25-9-11-27-12-10-25/h2-8,13,15-16H,9-12H2,1H3,(H,24,26). The second-order valence-corrected chi connectivity index (χ2v) is 6.35. The van der Waals surface area contributed by atoms with Gasteiger partial charge in [0.05, 0.1) is 31.1 Å². The van der Waals surface area contributed by atoms with Crippen LogP contribution in [0.15, 0.2) is 53.7 Å². The number of nitrogens with zero attached hydrogens (tertiary/aromatic N) is 3. The van der Waals surface area contributed by atoms with Crippen molar-refractivity contribution in [2.24, 2.45) is 5.16 Å². The van der Waals surface area contributed by atoms with Crippen LogP contribution in [0.1, 0.15) is 18.1 Å². The molecule has 0 saturated carbocycles. The lowest BCUT2D eigenvalue weighted by atomic mass is 10.2. The first-order valence-electron chi connectivity index (χ1n) is 9.09. The molecular weight excluding hydrogens is 356 g/mol. The zero-order chi connectivity index (χ0) is 19.8. The first-order valence-corrected chi connectivity index (χ1v) is 9.09. The Bertz CT molecular complexity index is 868. The molecule has 1 unspecified atom stereocenters. The molecule has 1 N–H and O–H groups in total. The van der Waals surface area contributed by atoms with Crippen molar-refractivity contribution in [1.82, 2.24) is 0 Å². The smallest absolute Gasteiger partial charge is 0.267 e. The van der Waals surface area contributed by atoms with Crippen LogP contribution in [0, 0.1) is 11.3 Å². The molecule has 0 aliphatic carbocycles. The Hall–Kier alpha value is -3.37. The Balaban J connectivity index is 1.50. The number of rotatable bonds is 6. The van der Waals surface area contributed by atoms with E-state index in [0.29, 0.717) is 11.3 Å². The van der Waals surface area contributed by atoms with Gasteiger partial charge in [-0.25, -0.2) is 0 Å². The van der Waals surface area contributed by atoms with E-state index in [0.717, 1.165) is 37.6 Å². The largest absolute Gasteiger partial charge is 0.383 e. The maximum Gasteiger partial charge on any atom is 0.267 e. The quantitative estimate of drug-likeness (QED) is 0.617. The second-order valence-electron chi connectivity index (χ2n) is 6.35. The molecule has 1 atom stereocenters. The van der Waals surface area contributed by atoms with Gasteiger partial charge in [-0.3, -0.25) is 4.79 Å². The van der Waals surface area contributed by atoms with Crippen LogP contribution in [0.2, 0.25) is 0 Å². The second kappa shape index (κ2) is 9.53. The molecule has 1 aliphatic heterocycles. The third kappa shape index (κ3) is 5.32. The molecule has 1 saturated heterocycles. The SMILES string of the molecule is CC(ON=Cc1ccc(N2CCOCC2)cc1)C(=O)Nc1cccc(C#N)c1. The van der Waals surface area contributed by atoms with E-state index in [2.05, 4.69) is 15.4 Å². The van der Waals surface area contributed by atoms with Gasteiger partial charge in [-0.1, -0.05) is 23.4 Å². The molecule has 1 fully saturated rings.